The van der Waals surface area contributed by atoms with E-state index in [0.29, 0.717) is 11.7 Å². The average molecular weight is 250 g/mol. The van der Waals surface area contributed by atoms with E-state index in [1.54, 1.807) is 6.92 Å². The quantitative estimate of drug-likeness (QED) is 0.870. The number of nitrogens with one attached hydrogen (secondary N) is 1. The van der Waals surface area contributed by atoms with Crippen molar-refractivity contribution in [2.24, 2.45) is 0 Å². The van der Waals surface area contributed by atoms with Crippen LogP contribution in [0.15, 0.2) is 28.8 Å². The second-order valence-electron chi connectivity index (χ2n) is 3.68. The molecule has 1 heterocycles. The van der Waals surface area contributed by atoms with Crippen LogP contribution in [0, 0.1) is 12.7 Å². The largest absolute Gasteiger partial charge is 0.507 e. The van der Waals surface area contributed by atoms with Crippen molar-refractivity contribution in [3.63, 3.8) is 0 Å². The molecule has 0 atom stereocenters. The summed E-state index contributed by atoms with van der Waals surface area (Å²) in [5.74, 6) is -0.974. The van der Waals surface area contributed by atoms with Gasteiger partial charge in [0.25, 0.3) is 5.91 Å². The van der Waals surface area contributed by atoms with Gasteiger partial charge >= 0.3 is 0 Å². The summed E-state index contributed by atoms with van der Waals surface area (Å²) in [6, 6.07) is 3.66. The number of hydrogen-bond acceptors (Lipinski definition) is 4. The molecule has 0 saturated heterocycles. The monoisotopic (exact) mass is 250 g/mol. The Bertz CT molecular complexity index is 560. The molecule has 0 radical (unpaired) electrons. The smallest absolute Gasteiger partial charge is 0.258 e. The van der Waals surface area contributed by atoms with E-state index in [9.17, 15) is 14.3 Å². The molecule has 0 spiro atoms. The van der Waals surface area contributed by atoms with Gasteiger partial charge in [-0.15, -0.1) is 0 Å². The fourth-order valence-corrected chi connectivity index (χ4v) is 1.46. The Morgan fingerprint density at radius 2 is 2.33 bits per heavy atom. The number of aromatic hydroxyl groups is 1. The van der Waals surface area contributed by atoms with E-state index in [1.807, 2.05) is 0 Å². The molecule has 2 rings (SSSR count). The maximum Gasteiger partial charge on any atom is 0.258 e. The minimum absolute atomic E-state index is 0.0282. The van der Waals surface area contributed by atoms with Crippen LogP contribution in [-0.2, 0) is 6.54 Å². The summed E-state index contributed by atoms with van der Waals surface area (Å²) in [6.45, 7) is 1.75. The first kappa shape index (κ1) is 12.1. The topological polar surface area (TPSA) is 75.4 Å². The van der Waals surface area contributed by atoms with Crippen molar-refractivity contribution in [2.75, 3.05) is 0 Å². The Morgan fingerprint density at radius 3 is 2.94 bits per heavy atom. The first-order valence-corrected chi connectivity index (χ1v) is 5.25. The number of halogens is 1. The van der Waals surface area contributed by atoms with Crippen molar-refractivity contribution in [3.8, 4) is 5.75 Å². The minimum atomic E-state index is -0.781. The molecular weight excluding hydrogens is 239 g/mol. The highest BCUT2D eigenvalue weighted by molar-refractivity contribution is 5.96. The number of oxazole rings is 1. The van der Waals surface area contributed by atoms with Gasteiger partial charge in [0, 0.05) is 0 Å². The van der Waals surface area contributed by atoms with Crippen molar-refractivity contribution in [1.29, 1.82) is 0 Å². The maximum absolute atomic E-state index is 13.4. The lowest BCUT2D eigenvalue weighted by atomic mass is 10.1. The van der Waals surface area contributed by atoms with Crippen LogP contribution in [0.1, 0.15) is 22.0 Å². The van der Waals surface area contributed by atoms with Gasteiger partial charge in [0.2, 0.25) is 5.89 Å². The molecule has 1 amide bonds. The van der Waals surface area contributed by atoms with Gasteiger partial charge in [0.05, 0.1) is 12.7 Å². The maximum atomic E-state index is 13.4. The molecule has 0 fully saturated rings. The summed E-state index contributed by atoms with van der Waals surface area (Å²) in [6.07, 6.45) is 1.52. The van der Waals surface area contributed by atoms with E-state index in [2.05, 4.69) is 10.3 Å². The van der Waals surface area contributed by atoms with E-state index < -0.39 is 17.5 Å². The van der Waals surface area contributed by atoms with Crippen LogP contribution in [0.2, 0.25) is 0 Å². The van der Waals surface area contributed by atoms with Crippen LogP contribution in [-0.4, -0.2) is 16.0 Å². The van der Waals surface area contributed by atoms with Crippen molar-refractivity contribution in [3.05, 3.63) is 47.4 Å². The van der Waals surface area contributed by atoms with Crippen LogP contribution in [0.25, 0.3) is 0 Å². The number of phenols is 1. The number of phenolic OH excluding ortho intramolecular Hbond substituents is 1. The highest BCUT2D eigenvalue weighted by atomic mass is 19.1. The lowest BCUT2D eigenvalue weighted by Gasteiger charge is -2.05. The number of nitrogens with zero attached hydrogens (tertiary/aromatic N) is 1. The number of aryl methyl sites for hydroxylation is 1. The van der Waals surface area contributed by atoms with Crippen LogP contribution in [0.5, 0.6) is 5.75 Å². The Morgan fingerprint density at radius 1 is 1.56 bits per heavy atom. The van der Waals surface area contributed by atoms with Crippen LogP contribution in [0.3, 0.4) is 0 Å². The lowest BCUT2D eigenvalue weighted by Crippen LogP contribution is -2.24. The van der Waals surface area contributed by atoms with Crippen molar-refractivity contribution >= 4 is 5.91 Å². The third-order valence-electron chi connectivity index (χ3n) is 2.29. The van der Waals surface area contributed by atoms with E-state index in [-0.39, 0.29) is 12.1 Å². The number of rotatable bonds is 3. The molecule has 94 valence electrons. The van der Waals surface area contributed by atoms with Gasteiger partial charge in [-0.05, 0) is 19.1 Å². The van der Waals surface area contributed by atoms with Crippen LogP contribution < -0.4 is 5.32 Å². The SMILES string of the molecule is Cc1cnc(CNC(=O)c2c(O)cccc2F)o1. The summed E-state index contributed by atoms with van der Waals surface area (Å²) >= 11 is 0. The zero-order chi connectivity index (χ0) is 13.1. The second-order valence-corrected chi connectivity index (χ2v) is 3.68. The summed E-state index contributed by atoms with van der Waals surface area (Å²) in [7, 11) is 0. The van der Waals surface area contributed by atoms with Crippen molar-refractivity contribution in [2.45, 2.75) is 13.5 Å². The fraction of sp³-hybridized carbons (Fsp3) is 0.167. The van der Waals surface area contributed by atoms with E-state index in [4.69, 9.17) is 4.42 Å². The lowest BCUT2D eigenvalue weighted by molar-refractivity contribution is 0.0940. The molecule has 18 heavy (non-hydrogen) atoms. The normalized spacial score (nSPS) is 10.3. The molecule has 0 aliphatic carbocycles. The van der Waals surface area contributed by atoms with Gasteiger partial charge in [0.15, 0.2) is 0 Å². The molecule has 1 aromatic heterocycles. The third-order valence-corrected chi connectivity index (χ3v) is 2.29. The Kier molecular flexibility index (Phi) is 3.27. The predicted molar refractivity (Wildman–Crippen MR) is 60.5 cm³/mol. The van der Waals surface area contributed by atoms with E-state index >= 15 is 0 Å². The highest BCUT2D eigenvalue weighted by Gasteiger charge is 2.16. The molecule has 5 nitrogen and oxygen atoms in total. The zero-order valence-corrected chi connectivity index (χ0v) is 9.61. The number of benzene rings is 1. The van der Waals surface area contributed by atoms with Gasteiger partial charge in [0.1, 0.15) is 22.9 Å². The van der Waals surface area contributed by atoms with E-state index in [0.717, 1.165) is 6.07 Å². The van der Waals surface area contributed by atoms with E-state index in [1.165, 1.54) is 18.3 Å². The van der Waals surface area contributed by atoms with Crippen molar-refractivity contribution < 1.29 is 18.7 Å². The third kappa shape index (κ3) is 2.48. The molecule has 2 N–H and O–H groups in total. The molecule has 0 saturated carbocycles. The van der Waals surface area contributed by atoms with Gasteiger partial charge in [-0.2, -0.15) is 0 Å². The summed E-state index contributed by atoms with van der Waals surface area (Å²) in [4.78, 5) is 15.6. The fourth-order valence-electron chi connectivity index (χ4n) is 1.46. The molecule has 0 aliphatic rings. The Labute approximate surface area is 102 Å². The van der Waals surface area contributed by atoms with Gasteiger partial charge in [-0.3, -0.25) is 4.79 Å². The molecule has 2 aromatic rings. The standard InChI is InChI=1S/C12H11FN2O3/c1-7-5-14-10(18-7)6-15-12(17)11-8(13)3-2-4-9(11)16/h2-5,16H,6H2,1H3,(H,15,17). The molecule has 0 aliphatic heterocycles. The first-order valence-electron chi connectivity index (χ1n) is 5.25. The molecule has 0 bridgehead atoms. The predicted octanol–water partition coefficient (Wildman–Crippen LogP) is 1.76. The molecule has 1 aromatic carbocycles. The van der Waals surface area contributed by atoms with Crippen LogP contribution in [0.4, 0.5) is 4.39 Å². The van der Waals surface area contributed by atoms with Gasteiger partial charge < -0.3 is 14.8 Å². The summed E-state index contributed by atoms with van der Waals surface area (Å²) < 4.78 is 18.5. The number of carbonyl (C=O) groups excluding carboxylic acids is 1. The summed E-state index contributed by atoms with van der Waals surface area (Å²) in [5.41, 5.74) is -0.388. The van der Waals surface area contributed by atoms with Gasteiger partial charge in [-0.1, -0.05) is 6.07 Å². The highest BCUT2D eigenvalue weighted by Crippen LogP contribution is 2.19. The molecule has 0 unspecified atom stereocenters. The second kappa shape index (κ2) is 4.87. The number of carbonyl (C=O) groups is 1. The molecule has 6 heteroatoms. The number of hydrogen-bond donors (Lipinski definition) is 2. The zero-order valence-electron chi connectivity index (χ0n) is 9.61. The van der Waals surface area contributed by atoms with Crippen LogP contribution >= 0.6 is 0 Å². The Hall–Kier alpha value is -2.37. The average Bonchev–Trinajstić information content (AvgIpc) is 2.72. The first-order chi connectivity index (χ1) is 8.58. The molecular formula is C12H11FN2O3. The Balaban J connectivity index is 2.08. The minimum Gasteiger partial charge on any atom is -0.507 e. The van der Waals surface area contributed by atoms with Gasteiger partial charge in [-0.25, -0.2) is 9.37 Å². The number of aromatic nitrogens is 1. The van der Waals surface area contributed by atoms with Crippen molar-refractivity contribution in [1.82, 2.24) is 10.3 Å². The number of amides is 1. The summed E-state index contributed by atoms with van der Waals surface area (Å²) in [5, 5.41) is 11.8.